The van der Waals surface area contributed by atoms with E-state index < -0.39 is 5.41 Å². The SMILES string of the molecule is Cc1ccc(Cl)cc1NC(=O)C1(CN)CCC(C)CC1. The van der Waals surface area contributed by atoms with Crippen LogP contribution in [0.4, 0.5) is 5.69 Å². The van der Waals surface area contributed by atoms with E-state index in [-0.39, 0.29) is 5.91 Å². The van der Waals surface area contributed by atoms with Gasteiger partial charge in [-0.25, -0.2) is 0 Å². The van der Waals surface area contributed by atoms with Gasteiger partial charge in [0.2, 0.25) is 5.91 Å². The summed E-state index contributed by atoms with van der Waals surface area (Å²) in [6, 6.07) is 5.54. The molecule has 0 aromatic heterocycles. The molecule has 0 atom stereocenters. The number of halogens is 1. The van der Waals surface area contributed by atoms with Crippen LogP contribution in [0.2, 0.25) is 5.02 Å². The van der Waals surface area contributed by atoms with E-state index >= 15 is 0 Å². The summed E-state index contributed by atoms with van der Waals surface area (Å²) in [5.41, 5.74) is 7.30. The first kappa shape index (κ1) is 15.3. The van der Waals surface area contributed by atoms with Gasteiger partial charge in [0.05, 0.1) is 5.41 Å². The predicted octanol–water partition coefficient (Wildman–Crippen LogP) is 3.74. The van der Waals surface area contributed by atoms with E-state index in [0.717, 1.165) is 36.9 Å². The summed E-state index contributed by atoms with van der Waals surface area (Å²) >= 11 is 6.00. The Morgan fingerprint density at radius 1 is 1.45 bits per heavy atom. The smallest absolute Gasteiger partial charge is 0.231 e. The van der Waals surface area contributed by atoms with Crippen LogP contribution >= 0.6 is 11.6 Å². The van der Waals surface area contributed by atoms with E-state index in [1.807, 2.05) is 19.1 Å². The lowest BCUT2D eigenvalue weighted by molar-refractivity contribution is -0.127. The third kappa shape index (κ3) is 3.15. The molecule has 1 fully saturated rings. The van der Waals surface area contributed by atoms with Crippen LogP contribution in [0.5, 0.6) is 0 Å². The minimum Gasteiger partial charge on any atom is -0.329 e. The zero-order valence-corrected chi connectivity index (χ0v) is 13.0. The number of rotatable bonds is 3. The van der Waals surface area contributed by atoms with Crippen molar-refractivity contribution in [2.45, 2.75) is 39.5 Å². The molecular formula is C16H23ClN2O. The molecule has 0 aliphatic heterocycles. The van der Waals surface area contributed by atoms with Gasteiger partial charge in [0.25, 0.3) is 0 Å². The van der Waals surface area contributed by atoms with Crippen LogP contribution in [0.3, 0.4) is 0 Å². The number of benzene rings is 1. The Morgan fingerprint density at radius 2 is 2.10 bits per heavy atom. The molecule has 1 aliphatic rings. The molecule has 2 rings (SSSR count). The number of hydrogen-bond donors (Lipinski definition) is 2. The Morgan fingerprint density at radius 3 is 2.70 bits per heavy atom. The minimum atomic E-state index is -0.415. The Labute approximate surface area is 125 Å². The highest BCUT2D eigenvalue weighted by molar-refractivity contribution is 6.31. The van der Waals surface area contributed by atoms with Crippen LogP contribution in [0.15, 0.2) is 18.2 Å². The first-order chi connectivity index (χ1) is 9.47. The molecule has 3 nitrogen and oxygen atoms in total. The summed E-state index contributed by atoms with van der Waals surface area (Å²) in [5, 5.41) is 3.65. The fraction of sp³-hybridized carbons (Fsp3) is 0.562. The number of aryl methyl sites for hydroxylation is 1. The molecule has 0 unspecified atom stereocenters. The molecule has 1 saturated carbocycles. The molecule has 0 bridgehead atoms. The van der Waals surface area contributed by atoms with Crippen LogP contribution < -0.4 is 11.1 Å². The van der Waals surface area contributed by atoms with E-state index in [1.165, 1.54) is 0 Å². The quantitative estimate of drug-likeness (QED) is 0.892. The lowest BCUT2D eigenvalue weighted by Crippen LogP contribution is -2.44. The molecule has 20 heavy (non-hydrogen) atoms. The Kier molecular flexibility index (Phi) is 4.71. The van der Waals surface area contributed by atoms with E-state index in [1.54, 1.807) is 6.07 Å². The maximum Gasteiger partial charge on any atom is 0.231 e. The van der Waals surface area contributed by atoms with Crippen LogP contribution in [0, 0.1) is 18.3 Å². The van der Waals surface area contributed by atoms with Gasteiger partial charge in [-0.3, -0.25) is 4.79 Å². The summed E-state index contributed by atoms with van der Waals surface area (Å²) in [7, 11) is 0. The van der Waals surface area contributed by atoms with Crippen molar-refractivity contribution >= 4 is 23.2 Å². The van der Waals surface area contributed by atoms with Gasteiger partial charge in [-0.05, 0) is 56.2 Å². The van der Waals surface area contributed by atoms with Crippen molar-refractivity contribution in [1.82, 2.24) is 0 Å². The van der Waals surface area contributed by atoms with E-state index in [4.69, 9.17) is 17.3 Å². The number of nitrogens with one attached hydrogen (secondary N) is 1. The summed E-state index contributed by atoms with van der Waals surface area (Å²) < 4.78 is 0. The number of amides is 1. The summed E-state index contributed by atoms with van der Waals surface area (Å²) in [6.07, 6.45) is 3.88. The minimum absolute atomic E-state index is 0.0391. The lowest BCUT2D eigenvalue weighted by Gasteiger charge is -2.37. The Hall–Kier alpha value is -1.06. The molecule has 0 heterocycles. The molecular weight excluding hydrogens is 272 g/mol. The largest absolute Gasteiger partial charge is 0.329 e. The third-order valence-corrected chi connectivity index (χ3v) is 4.79. The van der Waals surface area contributed by atoms with Gasteiger partial charge in [-0.15, -0.1) is 0 Å². The van der Waals surface area contributed by atoms with Crippen molar-refractivity contribution in [3.8, 4) is 0 Å². The average Bonchev–Trinajstić information content (AvgIpc) is 2.44. The topological polar surface area (TPSA) is 55.1 Å². The number of hydrogen-bond acceptors (Lipinski definition) is 2. The van der Waals surface area contributed by atoms with E-state index in [0.29, 0.717) is 17.5 Å². The van der Waals surface area contributed by atoms with E-state index in [2.05, 4.69) is 12.2 Å². The van der Waals surface area contributed by atoms with Gasteiger partial charge in [0.15, 0.2) is 0 Å². The van der Waals surface area contributed by atoms with Crippen molar-refractivity contribution in [2.24, 2.45) is 17.1 Å². The van der Waals surface area contributed by atoms with Crippen LogP contribution in [-0.4, -0.2) is 12.5 Å². The molecule has 1 aromatic carbocycles. The van der Waals surface area contributed by atoms with Crippen LogP contribution in [-0.2, 0) is 4.79 Å². The summed E-state index contributed by atoms with van der Waals surface area (Å²) in [5.74, 6) is 0.729. The zero-order valence-electron chi connectivity index (χ0n) is 12.2. The molecule has 0 saturated heterocycles. The second-order valence-corrected chi connectivity index (χ2v) is 6.52. The fourth-order valence-corrected chi connectivity index (χ4v) is 2.99. The van der Waals surface area contributed by atoms with Gasteiger partial charge in [0, 0.05) is 17.3 Å². The molecule has 1 aliphatic carbocycles. The summed E-state index contributed by atoms with van der Waals surface area (Å²) in [6.45, 7) is 4.61. The van der Waals surface area contributed by atoms with Crippen LogP contribution in [0.1, 0.15) is 38.2 Å². The highest BCUT2D eigenvalue weighted by atomic mass is 35.5. The predicted molar refractivity (Wildman–Crippen MR) is 83.9 cm³/mol. The van der Waals surface area contributed by atoms with Crippen molar-refractivity contribution in [1.29, 1.82) is 0 Å². The van der Waals surface area contributed by atoms with Crippen molar-refractivity contribution in [3.63, 3.8) is 0 Å². The van der Waals surface area contributed by atoms with Crippen LogP contribution in [0.25, 0.3) is 0 Å². The maximum absolute atomic E-state index is 12.7. The van der Waals surface area contributed by atoms with Crippen molar-refractivity contribution in [2.75, 3.05) is 11.9 Å². The van der Waals surface area contributed by atoms with Crippen molar-refractivity contribution in [3.05, 3.63) is 28.8 Å². The number of carbonyl (C=O) groups excluding carboxylic acids is 1. The Balaban J connectivity index is 2.15. The summed E-state index contributed by atoms with van der Waals surface area (Å²) in [4.78, 5) is 12.7. The normalized spacial score (nSPS) is 26.3. The number of nitrogens with two attached hydrogens (primary N) is 1. The molecule has 3 N–H and O–H groups in total. The number of carbonyl (C=O) groups is 1. The van der Waals surface area contributed by atoms with E-state index in [9.17, 15) is 4.79 Å². The van der Waals surface area contributed by atoms with Gasteiger partial charge in [-0.2, -0.15) is 0 Å². The second-order valence-electron chi connectivity index (χ2n) is 6.08. The molecule has 110 valence electrons. The average molecular weight is 295 g/mol. The van der Waals surface area contributed by atoms with Crippen molar-refractivity contribution < 1.29 is 4.79 Å². The molecule has 0 radical (unpaired) electrons. The lowest BCUT2D eigenvalue weighted by atomic mass is 9.70. The first-order valence-corrected chi connectivity index (χ1v) is 7.62. The maximum atomic E-state index is 12.7. The Bertz CT molecular complexity index is 493. The van der Waals surface area contributed by atoms with Gasteiger partial charge < -0.3 is 11.1 Å². The van der Waals surface area contributed by atoms with Gasteiger partial charge in [-0.1, -0.05) is 24.6 Å². The molecule has 1 aromatic rings. The zero-order chi connectivity index (χ0) is 14.8. The third-order valence-electron chi connectivity index (χ3n) is 4.55. The fourth-order valence-electron chi connectivity index (χ4n) is 2.82. The second kappa shape index (κ2) is 6.15. The monoisotopic (exact) mass is 294 g/mol. The molecule has 4 heteroatoms. The standard InChI is InChI=1S/C16H23ClN2O/c1-11-5-7-16(10-18,8-6-11)15(20)19-14-9-13(17)4-3-12(14)2/h3-4,9,11H,5-8,10,18H2,1-2H3,(H,19,20). The molecule has 0 spiro atoms. The van der Waals surface area contributed by atoms with Gasteiger partial charge >= 0.3 is 0 Å². The highest BCUT2D eigenvalue weighted by Crippen LogP contribution is 2.39. The molecule has 1 amide bonds. The number of anilines is 1. The first-order valence-electron chi connectivity index (χ1n) is 7.24. The van der Waals surface area contributed by atoms with Gasteiger partial charge in [0.1, 0.15) is 0 Å². The highest BCUT2D eigenvalue weighted by Gasteiger charge is 2.39.